The minimum Gasteiger partial charge on any atom is -0.507 e. The molecule has 1 aliphatic rings. The largest absolute Gasteiger partial charge is 0.507 e. The van der Waals surface area contributed by atoms with E-state index in [0.717, 1.165) is 11.1 Å². The van der Waals surface area contributed by atoms with Crippen molar-refractivity contribution in [2.24, 2.45) is 0 Å². The molecule has 3 aromatic rings. The van der Waals surface area contributed by atoms with Crippen molar-refractivity contribution in [3.05, 3.63) is 92.5 Å². The number of aliphatic hydroxyl groups excluding tert-OH is 1. The third-order valence-electron chi connectivity index (χ3n) is 7.17. The van der Waals surface area contributed by atoms with Gasteiger partial charge in [0.1, 0.15) is 10.8 Å². The van der Waals surface area contributed by atoms with Gasteiger partial charge < -0.3 is 14.6 Å². The predicted octanol–water partition coefficient (Wildman–Crippen LogP) is 8.06. The van der Waals surface area contributed by atoms with Crippen LogP contribution in [0.4, 0.5) is 5.69 Å². The Morgan fingerprint density at radius 1 is 0.925 bits per heavy atom. The number of methoxy groups -OCH3 is 2. The SMILES string of the molecule is COc1c(Cl)cc(/C(O)=C2\C(=O)C(=O)N(c3ccc(C(C)C)cc3)C2c2ccc(C(C)(C)C)cc2)c(OC)c1Cl. The molecule has 210 valence electrons. The molecular weight excluding hydrogens is 549 g/mol. The molecule has 1 unspecified atom stereocenters. The molecule has 4 rings (SSSR count). The average molecular weight is 583 g/mol. The number of benzene rings is 3. The van der Waals surface area contributed by atoms with Crippen LogP contribution in [0.1, 0.15) is 68.8 Å². The van der Waals surface area contributed by atoms with Gasteiger partial charge in [0, 0.05) is 5.69 Å². The molecule has 1 N–H and O–H groups in total. The topological polar surface area (TPSA) is 76.1 Å². The van der Waals surface area contributed by atoms with Crippen molar-refractivity contribution in [3.63, 3.8) is 0 Å². The Hall–Kier alpha value is -3.48. The van der Waals surface area contributed by atoms with E-state index in [4.69, 9.17) is 32.7 Å². The number of ketones is 1. The van der Waals surface area contributed by atoms with Crippen LogP contribution in [0.2, 0.25) is 10.0 Å². The Morgan fingerprint density at radius 3 is 2.00 bits per heavy atom. The Balaban J connectivity index is 1.99. The number of Topliss-reactive ketones (excluding diaryl/α,β-unsaturated/α-hetero) is 1. The Bertz CT molecular complexity index is 1490. The number of hydrogen-bond acceptors (Lipinski definition) is 5. The van der Waals surface area contributed by atoms with Crippen LogP contribution in [-0.2, 0) is 15.0 Å². The first-order chi connectivity index (χ1) is 18.8. The molecule has 1 amide bonds. The van der Waals surface area contributed by atoms with E-state index in [1.807, 2.05) is 48.5 Å². The molecule has 0 spiro atoms. The highest BCUT2D eigenvalue weighted by atomic mass is 35.5. The van der Waals surface area contributed by atoms with Crippen LogP contribution in [0.5, 0.6) is 11.5 Å². The smallest absolute Gasteiger partial charge is 0.300 e. The van der Waals surface area contributed by atoms with Crippen LogP contribution in [0.25, 0.3) is 5.76 Å². The molecule has 1 fully saturated rings. The summed E-state index contributed by atoms with van der Waals surface area (Å²) in [5.41, 5.74) is 3.25. The molecule has 1 saturated heterocycles. The van der Waals surface area contributed by atoms with Gasteiger partial charge in [0.15, 0.2) is 11.5 Å². The Labute approximate surface area is 245 Å². The summed E-state index contributed by atoms with van der Waals surface area (Å²) in [6.07, 6.45) is 0. The molecule has 1 heterocycles. The lowest BCUT2D eigenvalue weighted by Crippen LogP contribution is -2.29. The zero-order chi connectivity index (χ0) is 29.5. The van der Waals surface area contributed by atoms with Crippen LogP contribution in [0.3, 0.4) is 0 Å². The van der Waals surface area contributed by atoms with Crippen molar-refractivity contribution in [3.8, 4) is 11.5 Å². The lowest BCUT2D eigenvalue weighted by atomic mass is 9.85. The molecule has 1 aliphatic heterocycles. The van der Waals surface area contributed by atoms with Crippen molar-refractivity contribution in [1.82, 2.24) is 0 Å². The predicted molar refractivity (Wildman–Crippen MR) is 160 cm³/mol. The number of halogens is 2. The van der Waals surface area contributed by atoms with Crippen molar-refractivity contribution in [1.29, 1.82) is 0 Å². The van der Waals surface area contributed by atoms with Crippen LogP contribution in [0, 0.1) is 0 Å². The molecule has 6 nitrogen and oxygen atoms in total. The number of nitrogens with zero attached hydrogens (tertiary/aromatic N) is 1. The molecule has 40 heavy (non-hydrogen) atoms. The first-order valence-corrected chi connectivity index (χ1v) is 13.7. The van der Waals surface area contributed by atoms with Gasteiger partial charge in [0.05, 0.1) is 36.4 Å². The maximum absolute atomic E-state index is 13.6. The van der Waals surface area contributed by atoms with Gasteiger partial charge in [0.25, 0.3) is 11.7 Å². The average Bonchev–Trinajstić information content (AvgIpc) is 3.18. The molecule has 3 aromatic carbocycles. The highest BCUT2D eigenvalue weighted by molar-refractivity contribution is 6.52. The van der Waals surface area contributed by atoms with Crippen LogP contribution in [-0.4, -0.2) is 31.0 Å². The fourth-order valence-electron chi connectivity index (χ4n) is 4.89. The minimum absolute atomic E-state index is 0.0311. The number of amides is 1. The summed E-state index contributed by atoms with van der Waals surface area (Å²) < 4.78 is 10.8. The van der Waals surface area contributed by atoms with Crippen LogP contribution < -0.4 is 14.4 Å². The van der Waals surface area contributed by atoms with Gasteiger partial charge in [-0.05, 0) is 46.2 Å². The van der Waals surface area contributed by atoms with Crippen molar-refractivity contribution in [2.45, 2.75) is 52.0 Å². The van der Waals surface area contributed by atoms with E-state index < -0.39 is 23.5 Å². The van der Waals surface area contributed by atoms with E-state index in [9.17, 15) is 14.7 Å². The summed E-state index contributed by atoms with van der Waals surface area (Å²) >= 11 is 12.9. The molecule has 0 radical (unpaired) electrons. The molecular formula is C32H33Cl2NO5. The minimum atomic E-state index is -0.914. The third-order valence-corrected chi connectivity index (χ3v) is 7.79. The van der Waals surface area contributed by atoms with E-state index in [-0.39, 0.29) is 38.1 Å². The molecule has 8 heteroatoms. The molecule has 0 aliphatic carbocycles. The van der Waals surface area contributed by atoms with E-state index in [0.29, 0.717) is 17.2 Å². The number of hydrogen-bond donors (Lipinski definition) is 1. The van der Waals surface area contributed by atoms with Crippen molar-refractivity contribution >= 4 is 46.3 Å². The first kappa shape index (κ1) is 29.5. The second kappa shape index (κ2) is 11.2. The van der Waals surface area contributed by atoms with Gasteiger partial charge in [-0.2, -0.15) is 0 Å². The zero-order valence-corrected chi connectivity index (χ0v) is 25.1. The van der Waals surface area contributed by atoms with Crippen molar-refractivity contribution < 1.29 is 24.2 Å². The quantitative estimate of drug-likeness (QED) is 0.181. The van der Waals surface area contributed by atoms with E-state index in [1.165, 1.54) is 25.2 Å². The summed E-state index contributed by atoms with van der Waals surface area (Å²) in [6.45, 7) is 10.5. The second-order valence-electron chi connectivity index (χ2n) is 11.1. The van der Waals surface area contributed by atoms with Crippen LogP contribution in [0.15, 0.2) is 60.2 Å². The number of aliphatic hydroxyl groups is 1. The number of carbonyl (C=O) groups is 2. The number of rotatable bonds is 6. The second-order valence-corrected chi connectivity index (χ2v) is 11.9. The summed E-state index contributed by atoms with van der Waals surface area (Å²) in [4.78, 5) is 28.7. The Morgan fingerprint density at radius 2 is 1.50 bits per heavy atom. The highest BCUT2D eigenvalue weighted by Crippen LogP contribution is 2.48. The maximum Gasteiger partial charge on any atom is 0.300 e. The summed E-state index contributed by atoms with van der Waals surface area (Å²) in [5, 5.41) is 11.8. The monoisotopic (exact) mass is 581 g/mol. The first-order valence-electron chi connectivity index (χ1n) is 12.9. The lowest BCUT2D eigenvalue weighted by molar-refractivity contribution is -0.132. The zero-order valence-electron chi connectivity index (χ0n) is 23.6. The van der Waals surface area contributed by atoms with Gasteiger partial charge in [-0.25, -0.2) is 0 Å². The van der Waals surface area contributed by atoms with Crippen molar-refractivity contribution in [2.75, 3.05) is 19.1 Å². The summed E-state index contributed by atoms with van der Waals surface area (Å²) in [5.74, 6) is -1.52. The fourth-order valence-corrected chi connectivity index (χ4v) is 5.58. The Kier molecular flexibility index (Phi) is 8.25. The van der Waals surface area contributed by atoms with E-state index in [1.54, 1.807) is 0 Å². The molecule has 0 saturated carbocycles. The highest BCUT2D eigenvalue weighted by Gasteiger charge is 2.47. The summed E-state index contributed by atoms with van der Waals surface area (Å²) in [6, 6.07) is 15.7. The molecule has 0 aromatic heterocycles. The molecule has 1 atom stereocenters. The van der Waals surface area contributed by atoms with Gasteiger partial charge in [-0.15, -0.1) is 0 Å². The maximum atomic E-state index is 13.6. The summed E-state index contributed by atoms with van der Waals surface area (Å²) in [7, 11) is 2.78. The third kappa shape index (κ3) is 5.18. The van der Waals surface area contributed by atoms with Gasteiger partial charge >= 0.3 is 0 Å². The van der Waals surface area contributed by atoms with Gasteiger partial charge in [-0.1, -0.05) is 94.2 Å². The van der Waals surface area contributed by atoms with Gasteiger partial charge in [0.2, 0.25) is 0 Å². The number of ether oxygens (including phenoxy) is 2. The fraction of sp³-hybridized carbons (Fsp3) is 0.312. The van der Waals surface area contributed by atoms with Crippen LogP contribution >= 0.6 is 23.2 Å². The normalized spacial score (nSPS) is 17.1. The van der Waals surface area contributed by atoms with E-state index in [2.05, 4.69) is 34.6 Å². The number of anilines is 1. The number of carbonyl (C=O) groups excluding carboxylic acids is 2. The standard InChI is InChI=1S/C32H33Cl2NO5/c1-17(2)18-10-14-21(15-11-18)35-26(19-8-12-20(13-9-19)32(3,4)5)24(28(37)31(35)38)27(36)22-16-23(33)30(40-7)25(34)29(22)39-6/h8-17,26,36H,1-7H3/b27-24+. The molecule has 0 bridgehead atoms. The van der Waals surface area contributed by atoms with Gasteiger partial charge in [-0.3, -0.25) is 14.5 Å². The lowest BCUT2D eigenvalue weighted by Gasteiger charge is -2.27. The van der Waals surface area contributed by atoms with E-state index >= 15 is 0 Å².